The Morgan fingerprint density at radius 1 is 0.565 bits per heavy atom. The standard InChI is InChI=1S/2C21H30O2.C21H26O2/c3*1-5-6-7-8-15-12-18(22)20-16-11-14(2)9-10-17(16)21(3,4)23-19(20)13-15/h11-13,16-17,22H,5-10H2,1-4H3;9,12-13,16-17,22H,5-8,10-11H2,1-4H3;9-13,22H,5-8H2,1-4H3/t2*16?,17-;/m11./s1. The highest BCUT2D eigenvalue weighted by atomic mass is 16.5. The van der Waals surface area contributed by atoms with Gasteiger partial charge >= 0.3 is 0 Å². The summed E-state index contributed by atoms with van der Waals surface area (Å²) < 4.78 is 19.0. The van der Waals surface area contributed by atoms with Gasteiger partial charge in [0.15, 0.2) is 0 Å². The Hall–Kier alpha value is -4.84. The average molecular weight is 939 g/mol. The highest BCUT2D eigenvalue weighted by Crippen LogP contribution is 2.56. The first-order valence-corrected chi connectivity index (χ1v) is 26.9. The van der Waals surface area contributed by atoms with Gasteiger partial charge < -0.3 is 29.5 Å². The molecule has 0 saturated carbocycles. The van der Waals surface area contributed by atoms with Gasteiger partial charge in [0, 0.05) is 40.4 Å². The van der Waals surface area contributed by atoms with Crippen LogP contribution in [0, 0.1) is 18.8 Å². The first-order chi connectivity index (χ1) is 32.8. The van der Waals surface area contributed by atoms with Crippen LogP contribution >= 0.6 is 0 Å². The van der Waals surface area contributed by atoms with E-state index in [-0.39, 0.29) is 22.7 Å². The van der Waals surface area contributed by atoms with E-state index in [0.717, 1.165) is 102 Å². The minimum atomic E-state index is -0.384. The molecule has 4 atom stereocenters. The van der Waals surface area contributed by atoms with E-state index in [0.29, 0.717) is 35.0 Å². The molecular weight excluding hydrogens is 853 g/mol. The topological polar surface area (TPSA) is 88.4 Å². The van der Waals surface area contributed by atoms with Crippen molar-refractivity contribution in [1.82, 2.24) is 0 Å². The number of unbranched alkanes of at least 4 members (excludes halogenated alkanes) is 6. The van der Waals surface area contributed by atoms with Crippen molar-refractivity contribution in [3.63, 3.8) is 0 Å². The van der Waals surface area contributed by atoms with E-state index in [1.807, 2.05) is 18.2 Å². The molecule has 2 aliphatic carbocycles. The van der Waals surface area contributed by atoms with Gasteiger partial charge in [-0.05, 0) is 185 Å². The van der Waals surface area contributed by atoms with Crippen LogP contribution < -0.4 is 14.2 Å². The maximum absolute atomic E-state index is 10.7. The minimum Gasteiger partial charge on any atom is -0.508 e. The molecule has 6 nitrogen and oxygen atoms in total. The Morgan fingerprint density at radius 3 is 1.67 bits per heavy atom. The Balaban J connectivity index is 0.000000153. The van der Waals surface area contributed by atoms with Gasteiger partial charge in [0.2, 0.25) is 0 Å². The van der Waals surface area contributed by atoms with Gasteiger partial charge in [-0.15, -0.1) is 0 Å². The van der Waals surface area contributed by atoms with E-state index < -0.39 is 0 Å². The van der Waals surface area contributed by atoms with E-state index in [9.17, 15) is 15.3 Å². The summed E-state index contributed by atoms with van der Waals surface area (Å²) in [6.45, 7) is 26.1. The molecule has 69 heavy (non-hydrogen) atoms. The fourth-order valence-electron chi connectivity index (χ4n) is 12.1. The minimum absolute atomic E-state index is 0.177. The molecule has 3 heterocycles. The van der Waals surface area contributed by atoms with Gasteiger partial charge in [0.05, 0.1) is 5.56 Å². The SMILES string of the molecule is CCCCCc1cc(O)c2c(c1)OC(C)(C)[C@@H]1CC=C(C)CC21.CCCCCc1cc(O)c2c(c1)OC(C)(C)[C@@H]1CCC(C)=CC21.CCCCCc1cc(O)c2c(c1)OC(C)(C)c1ccc(C)cc1-2. The number of benzene rings is 4. The summed E-state index contributed by atoms with van der Waals surface area (Å²) >= 11 is 0. The molecule has 6 heteroatoms. The van der Waals surface area contributed by atoms with E-state index >= 15 is 0 Å². The summed E-state index contributed by atoms with van der Waals surface area (Å²) in [6, 6.07) is 18.7. The lowest BCUT2D eigenvalue weighted by Gasteiger charge is -2.47. The molecular formula is C63H86O6. The summed E-state index contributed by atoms with van der Waals surface area (Å²) in [5.74, 6) is 5.35. The summed E-state index contributed by atoms with van der Waals surface area (Å²) in [6.07, 6.45) is 22.9. The van der Waals surface area contributed by atoms with Crippen LogP contribution in [-0.2, 0) is 24.9 Å². The summed E-state index contributed by atoms with van der Waals surface area (Å²) in [5, 5.41) is 32.0. The van der Waals surface area contributed by atoms with Gasteiger partial charge in [0.25, 0.3) is 0 Å². The third-order valence-electron chi connectivity index (χ3n) is 15.9. The lowest BCUT2D eigenvalue weighted by Crippen LogP contribution is -2.45. The smallest absolute Gasteiger partial charge is 0.132 e. The van der Waals surface area contributed by atoms with Crippen molar-refractivity contribution in [2.75, 3.05) is 0 Å². The normalized spacial score (nSPS) is 21.7. The molecule has 0 bridgehead atoms. The quantitative estimate of drug-likeness (QED) is 0.0969. The van der Waals surface area contributed by atoms with Crippen LogP contribution in [0.15, 0.2) is 77.9 Å². The van der Waals surface area contributed by atoms with E-state index in [2.05, 4.69) is 132 Å². The first kappa shape index (κ1) is 52.0. The van der Waals surface area contributed by atoms with Crippen LogP contribution in [0.3, 0.4) is 0 Å². The fraction of sp³-hybridized carbons (Fsp3) is 0.556. The zero-order chi connectivity index (χ0) is 49.8. The molecule has 374 valence electrons. The number of hydrogen-bond donors (Lipinski definition) is 3. The van der Waals surface area contributed by atoms with Gasteiger partial charge in [-0.1, -0.05) is 106 Å². The third-order valence-corrected chi connectivity index (χ3v) is 15.9. The maximum atomic E-state index is 10.7. The predicted molar refractivity (Wildman–Crippen MR) is 286 cm³/mol. The second-order valence-electron chi connectivity index (χ2n) is 22.9. The molecule has 3 N–H and O–H groups in total. The fourth-order valence-corrected chi connectivity index (χ4v) is 12.1. The number of phenolic OH excluding ortho intramolecular Hbond substituents is 3. The van der Waals surface area contributed by atoms with E-state index in [1.54, 1.807) is 0 Å². The third kappa shape index (κ3) is 11.7. The number of allylic oxidation sites excluding steroid dienone is 4. The Morgan fingerprint density at radius 2 is 1.09 bits per heavy atom. The molecule has 0 saturated heterocycles. The van der Waals surface area contributed by atoms with Crippen LogP contribution in [0.4, 0.5) is 0 Å². The molecule has 2 unspecified atom stereocenters. The summed E-state index contributed by atoms with van der Waals surface area (Å²) in [7, 11) is 0. The van der Waals surface area contributed by atoms with Gasteiger partial charge in [0.1, 0.15) is 51.3 Å². The highest BCUT2D eigenvalue weighted by Gasteiger charge is 2.47. The van der Waals surface area contributed by atoms with Crippen LogP contribution in [0.2, 0.25) is 0 Å². The highest BCUT2D eigenvalue weighted by molar-refractivity contribution is 5.82. The van der Waals surface area contributed by atoms with Crippen molar-refractivity contribution in [3.8, 4) is 45.6 Å². The van der Waals surface area contributed by atoms with Crippen molar-refractivity contribution in [2.24, 2.45) is 11.8 Å². The molecule has 4 aromatic rings. The second kappa shape index (κ2) is 21.7. The van der Waals surface area contributed by atoms with Gasteiger partial charge in [-0.3, -0.25) is 0 Å². The van der Waals surface area contributed by atoms with Crippen LogP contribution in [-0.4, -0.2) is 26.5 Å². The zero-order valence-electron chi connectivity index (χ0n) is 44.5. The second-order valence-corrected chi connectivity index (χ2v) is 22.9. The zero-order valence-corrected chi connectivity index (χ0v) is 44.5. The van der Waals surface area contributed by atoms with Gasteiger partial charge in [-0.2, -0.15) is 0 Å². The van der Waals surface area contributed by atoms with Gasteiger partial charge in [-0.25, -0.2) is 0 Å². The first-order valence-electron chi connectivity index (χ1n) is 26.9. The molecule has 0 fully saturated rings. The lowest BCUT2D eigenvalue weighted by molar-refractivity contribution is 0.00748. The van der Waals surface area contributed by atoms with Crippen LogP contribution in [0.1, 0.15) is 210 Å². The lowest BCUT2D eigenvalue weighted by atomic mass is 9.67. The average Bonchev–Trinajstić information content (AvgIpc) is 3.25. The monoisotopic (exact) mass is 939 g/mol. The number of aryl methyl sites for hydroxylation is 4. The largest absolute Gasteiger partial charge is 0.508 e. The Kier molecular flexibility index (Phi) is 16.3. The van der Waals surface area contributed by atoms with Crippen molar-refractivity contribution < 1.29 is 29.5 Å². The Labute approximate surface area is 416 Å². The number of ether oxygens (including phenoxy) is 3. The molecule has 3 aliphatic heterocycles. The Bertz CT molecular complexity index is 2500. The molecule has 0 amide bonds. The number of aromatic hydroxyl groups is 3. The summed E-state index contributed by atoms with van der Waals surface area (Å²) in [4.78, 5) is 0. The molecule has 9 rings (SSSR count). The molecule has 5 aliphatic rings. The summed E-state index contributed by atoms with van der Waals surface area (Å²) in [5.41, 5.74) is 12.0. The number of rotatable bonds is 12. The maximum Gasteiger partial charge on any atom is 0.132 e. The number of phenols is 3. The van der Waals surface area contributed by atoms with Crippen molar-refractivity contribution in [2.45, 2.75) is 214 Å². The predicted octanol–water partition coefficient (Wildman–Crippen LogP) is 17.2. The van der Waals surface area contributed by atoms with E-state index in [1.165, 1.54) is 79.2 Å². The molecule has 4 aromatic carbocycles. The molecule has 0 aromatic heterocycles. The van der Waals surface area contributed by atoms with Crippen LogP contribution in [0.25, 0.3) is 11.1 Å². The van der Waals surface area contributed by atoms with E-state index in [4.69, 9.17) is 14.2 Å². The number of hydrogen-bond acceptors (Lipinski definition) is 6. The van der Waals surface area contributed by atoms with Crippen molar-refractivity contribution in [3.05, 3.63) is 117 Å². The number of fused-ring (bicyclic) bond motifs is 9. The van der Waals surface area contributed by atoms with Crippen molar-refractivity contribution in [1.29, 1.82) is 0 Å². The van der Waals surface area contributed by atoms with Crippen molar-refractivity contribution >= 4 is 0 Å². The molecule has 0 radical (unpaired) electrons. The molecule has 0 spiro atoms. The van der Waals surface area contributed by atoms with Crippen LogP contribution in [0.5, 0.6) is 34.5 Å².